The molecule has 1 aliphatic heterocycles. The molecule has 0 bridgehead atoms. The summed E-state index contributed by atoms with van der Waals surface area (Å²) in [6.45, 7) is -0.933. The van der Waals surface area contributed by atoms with Crippen LogP contribution < -0.4 is 14.2 Å². The number of hydrogen-bond acceptors (Lipinski definition) is 12. The Bertz CT molecular complexity index is 1130. The van der Waals surface area contributed by atoms with Crippen LogP contribution in [0.4, 0.5) is 0 Å². The van der Waals surface area contributed by atoms with Gasteiger partial charge in [-0.1, -0.05) is 12.2 Å². The number of methoxy groups -OCH3 is 2. The number of aromatic hydroxyl groups is 1. The van der Waals surface area contributed by atoms with Crippen LogP contribution in [-0.2, 0) is 4.74 Å². The highest BCUT2D eigenvalue weighted by molar-refractivity contribution is 5.97. The molecule has 0 radical (unpaired) electrons. The first-order chi connectivity index (χ1) is 18.1. The minimum atomic E-state index is -1.73. The van der Waals surface area contributed by atoms with Gasteiger partial charge in [-0.15, -0.1) is 0 Å². The number of hydrogen-bond donors (Lipinski definition) is 7. The smallest absolute Gasteiger partial charge is 0.229 e. The molecule has 3 rings (SSSR count). The maximum Gasteiger partial charge on any atom is 0.229 e. The SMILES string of the molecule is COc1cc(C(=O)C[C@H](O)c2cc(C=CCO)cc(OC)c2O[C@@H]2O[C@H](CO)[C@@H](O)[C@H](O)[C@H]2O)ccc1O. The van der Waals surface area contributed by atoms with Crippen molar-refractivity contribution < 1.29 is 59.5 Å². The van der Waals surface area contributed by atoms with Crippen LogP contribution in [0.3, 0.4) is 0 Å². The molecule has 1 aliphatic rings. The highest BCUT2D eigenvalue weighted by Gasteiger charge is 2.45. The van der Waals surface area contributed by atoms with E-state index in [0.29, 0.717) is 5.56 Å². The zero-order valence-corrected chi connectivity index (χ0v) is 20.8. The maximum atomic E-state index is 13.0. The molecular weight excluding hydrogens is 504 g/mol. The van der Waals surface area contributed by atoms with E-state index >= 15 is 0 Å². The van der Waals surface area contributed by atoms with E-state index in [9.17, 15) is 35.4 Å². The summed E-state index contributed by atoms with van der Waals surface area (Å²) < 4.78 is 21.7. The van der Waals surface area contributed by atoms with Crippen LogP contribution in [0.15, 0.2) is 36.4 Å². The number of carbonyl (C=O) groups excluding carboxylic acids is 1. The molecule has 7 N–H and O–H groups in total. The molecule has 12 nitrogen and oxygen atoms in total. The Morgan fingerprint density at radius 3 is 2.37 bits per heavy atom. The van der Waals surface area contributed by atoms with Crippen LogP contribution in [0.5, 0.6) is 23.0 Å². The zero-order chi connectivity index (χ0) is 28.0. The second kappa shape index (κ2) is 13.0. The van der Waals surface area contributed by atoms with Crippen LogP contribution in [0.1, 0.15) is 34.0 Å². The molecule has 1 heterocycles. The van der Waals surface area contributed by atoms with Crippen molar-refractivity contribution in [3.05, 3.63) is 53.1 Å². The van der Waals surface area contributed by atoms with Gasteiger partial charge < -0.3 is 54.7 Å². The van der Waals surface area contributed by atoms with Gasteiger partial charge in [0.05, 0.1) is 33.5 Å². The molecule has 1 saturated heterocycles. The molecular formula is C26H32O12. The first kappa shape index (κ1) is 29.3. The van der Waals surface area contributed by atoms with Gasteiger partial charge in [0.2, 0.25) is 6.29 Å². The molecule has 0 aromatic heterocycles. The van der Waals surface area contributed by atoms with E-state index in [2.05, 4.69) is 0 Å². The van der Waals surface area contributed by atoms with E-state index in [4.69, 9.17) is 24.1 Å². The molecule has 0 aliphatic carbocycles. The van der Waals surface area contributed by atoms with Crippen molar-refractivity contribution in [1.82, 2.24) is 0 Å². The second-order valence-electron chi connectivity index (χ2n) is 8.57. The predicted octanol–water partition coefficient (Wildman–Crippen LogP) is -0.100. The van der Waals surface area contributed by atoms with Crippen molar-refractivity contribution in [3.8, 4) is 23.0 Å². The van der Waals surface area contributed by atoms with E-state index in [1.807, 2.05) is 0 Å². The minimum Gasteiger partial charge on any atom is -0.504 e. The normalized spacial score (nSPS) is 24.3. The fourth-order valence-electron chi connectivity index (χ4n) is 3.99. The van der Waals surface area contributed by atoms with Crippen molar-refractivity contribution in [3.63, 3.8) is 0 Å². The molecule has 2 aromatic carbocycles. The number of phenolic OH excluding ortho intramolecular Hbond substituents is 1. The summed E-state index contributed by atoms with van der Waals surface area (Å²) in [4.78, 5) is 13.0. The lowest BCUT2D eigenvalue weighted by atomic mass is 9.96. The van der Waals surface area contributed by atoms with Gasteiger partial charge in [0.25, 0.3) is 0 Å². The van der Waals surface area contributed by atoms with E-state index in [1.165, 1.54) is 50.6 Å². The first-order valence-electron chi connectivity index (χ1n) is 11.7. The van der Waals surface area contributed by atoms with E-state index < -0.39 is 55.6 Å². The molecule has 0 unspecified atom stereocenters. The molecule has 0 saturated carbocycles. The van der Waals surface area contributed by atoms with Gasteiger partial charge in [-0.3, -0.25) is 4.79 Å². The minimum absolute atomic E-state index is 0.0537. The number of Topliss-reactive ketones (excluding diaryl/α,β-unsaturated/α-hetero) is 1. The van der Waals surface area contributed by atoms with Crippen molar-refractivity contribution >= 4 is 11.9 Å². The largest absolute Gasteiger partial charge is 0.504 e. The number of rotatable bonds is 11. The number of phenols is 1. The number of carbonyl (C=O) groups is 1. The zero-order valence-electron chi connectivity index (χ0n) is 20.8. The lowest BCUT2D eigenvalue weighted by Crippen LogP contribution is -2.60. The van der Waals surface area contributed by atoms with Crippen LogP contribution in [0, 0.1) is 0 Å². The molecule has 6 atom stereocenters. The topological polar surface area (TPSA) is 196 Å². The fraction of sp³-hybridized carbons (Fsp3) is 0.423. The molecule has 12 heteroatoms. The van der Waals surface area contributed by atoms with Gasteiger partial charge in [-0.25, -0.2) is 0 Å². The van der Waals surface area contributed by atoms with Crippen molar-refractivity contribution in [2.75, 3.05) is 27.4 Å². The van der Waals surface area contributed by atoms with E-state index in [-0.39, 0.29) is 40.7 Å². The maximum absolute atomic E-state index is 13.0. The van der Waals surface area contributed by atoms with Gasteiger partial charge in [-0.2, -0.15) is 0 Å². The van der Waals surface area contributed by atoms with Crippen LogP contribution in [-0.4, -0.2) is 99.7 Å². The summed E-state index contributed by atoms with van der Waals surface area (Å²) in [5.74, 6) is -0.635. The standard InChI is InChI=1S/C26H32O12/c1-35-19-10-14(5-6-16(19)29)17(30)11-18(31)15-8-13(4-3-7-27)9-20(36-2)25(15)38-26-24(34)23(33)22(32)21(12-28)37-26/h3-6,8-10,18,21-24,26-29,31-34H,7,11-12H2,1-2H3/t18-,21+,22+,23-,24+,26-/m0/s1. The van der Waals surface area contributed by atoms with Crippen LogP contribution in [0.2, 0.25) is 0 Å². The Hall–Kier alpha value is -3.23. The number of ether oxygens (including phenoxy) is 4. The average Bonchev–Trinajstić information content (AvgIpc) is 2.92. The third kappa shape index (κ3) is 6.42. The van der Waals surface area contributed by atoms with Crippen molar-refractivity contribution in [2.24, 2.45) is 0 Å². The molecule has 208 valence electrons. The predicted molar refractivity (Wildman–Crippen MR) is 132 cm³/mol. The number of benzene rings is 2. The van der Waals surface area contributed by atoms with E-state index in [1.54, 1.807) is 6.08 Å². The van der Waals surface area contributed by atoms with Crippen molar-refractivity contribution in [2.45, 2.75) is 43.2 Å². The Morgan fingerprint density at radius 2 is 1.74 bits per heavy atom. The van der Waals surface area contributed by atoms with Gasteiger partial charge in [0, 0.05) is 17.5 Å². The summed E-state index contributed by atoms with van der Waals surface area (Å²) in [6.07, 6.45) is -6.79. The molecule has 0 spiro atoms. The summed E-state index contributed by atoms with van der Waals surface area (Å²) in [5.41, 5.74) is 0.696. The van der Waals surface area contributed by atoms with Gasteiger partial charge in [-0.05, 0) is 35.9 Å². The van der Waals surface area contributed by atoms with Gasteiger partial charge in [0.1, 0.15) is 24.4 Å². The van der Waals surface area contributed by atoms with Crippen molar-refractivity contribution in [1.29, 1.82) is 0 Å². The Kier molecular flexibility index (Phi) is 10.1. The summed E-state index contributed by atoms with van der Waals surface area (Å²) in [6, 6.07) is 6.98. The Balaban J connectivity index is 1.99. The number of ketones is 1. The molecule has 1 fully saturated rings. The van der Waals surface area contributed by atoms with Gasteiger partial charge >= 0.3 is 0 Å². The number of aliphatic hydroxyl groups is 6. The molecule has 38 heavy (non-hydrogen) atoms. The third-order valence-corrected chi connectivity index (χ3v) is 6.06. The summed E-state index contributed by atoms with van der Waals surface area (Å²) >= 11 is 0. The summed E-state index contributed by atoms with van der Waals surface area (Å²) in [7, 11) is 2.65. The lowest BCUT2D eigenvalue weighted by molar-refractivity contribution is -0.277. The molecule has 0 amide bonds. The third-order valence-electron chi connectivity index (χ3n) is 6.06. The monoisotopic (exact) mass is 536 g/mol. The average molecular weight is 537 g/mol. The first-order valence-corrected chi connectivity index (χ1v) is 11.7. The van der Waals surface area contributed by atoms with Gasteiger partial charge in [0.15, 0.2) is 28.8 Å². The second-order valence-corrected chi connectivity index (χ2v) is 8.57. The highest BCUT2D eigenvalue weighted by Crippen LogP contribution is 2.40. The quantitative estimate of drug-likeness (QED) is 0.189. The Morgan fingerprint density at radius 1 is 1.03 bits per heavy atom. The molecule has 2 aromatic rings. The lowest BCUT2D eigenvalue weighted by Gasteiger charge is -2.40. The highest BCUT2D eigenvalue weighted by atomic mass is 16.7. The fourth-order valence-corrected chi connectivity index (χ4v) is 3.99. The Labute approximate surface area is 218 Å². The summed E-state index contributed by atoms with van der Waals surface area (Å²) in [5, 5.41) is 70.2. The van der Waals surface area contributed by atoms with Crippen LogP contribution >= 0.6 is 0 Å². The van der Waals surface area contributed by atoms with Crippen LogP contribution in [0.25, 0.3) is 6.08 Å². The van der Waals surface area contributed by atoms with E-state index in [0.717, 1.165) is 0 Å². The number of aliphatic hydroxyl groups excluding tert-OH is 6.